The van der Waals surface area contributed by atoms with E-state index in [4.69, 9.17) is 8.74 Å². The van der Waals surface area contributed by atoms with Crippen molar-refractivity contribution >= 4 is 54.6 Å². The van der Waals surface area contributed by atoms with E-state index in [9.17, 15) is 48.0 Å². The number of nitrogens with one attached hydrogen (secondary N) is 2. The standard InChI is InChI=1S/C18H14F3N5O5S2.C7H5F3O4S/c1-26-14(18(19,20)21)8-12(25-26)13-5-6-15(32-13)33(28,29)31-9-3-4-10-11(7-9)23-16(22-10)24-17(27)30-2;8-7(9,10)14-5-2-1-3-6(4-5)15(11,12)13/h3-8H,1-2H3,(H2,22,23,24,27);1-4H,(H,11,12,13). The number of carbonyl (C=O) groups is 1. The molecule has 0 aliphatic heterocycles. The minimum atomic E-state index is -4.90. The van der Waals surface area contributed by atoms with Gasteiger partial charge in [-0.2, -0.15) is 35.1 Å². The van der Waals surface area contributed by atoms with E-state index in [0.717, 1.165) is 42.6 Å². The van der Waals surface area contributed by atoms with Gasteiger partial charge in [-0.15, -0.1) is 24.5 Å². The molecule has 0 saturated heterocycles. The molecule has 0 radical (unpaired) electrons. The third-order valence-electron chi connectivity index (χ3n) is 5.65. The lowest BCUT2D eigenvalue weighted by Gasteiger charge is -2.08. The zero-order chi connectivity index (χ0) is 35.7. The van der Waals surface area contributed by atoms with Crippen LogP contribution in [0.3, 0.4) is 0 Å². The van der Waals surface area contributed by atoms with Gasteiger partial charge in [-0.25, -0.2) is 9.78 Å². The molecule has 1 amide bonds. The first-order chi connectivity index (χ1) is 22.1. The number of rotatable bonds is 7. The number of benzene rings is 2. The van der Waals surface area contributed by atoms with Crippen LogP contribution in [0.25, 0.3) is 21.6 Å². The summed E-state index contributed by atoms with van der Waals surface area (Å²) < 4.78 is 143. The molecule has 5 aromatic rings. The number of anilines is 1. The number of hydrogen-bond donors (Lipinski definition) is 3. The number of carbonyl (C=O) groups excluding carboxylic acids is 1. The first-order valence-electron chi connectivity index (χ1n) is 12.5. The molecule has 0 saturated carbocycles. The van der Waals surface area contributed by atoms with Gasteiger partial charge in [0, 0.05) is 19.2 Å². The van der Waals surface area contributed by atoms with Gasteiger partial charge in [0.25, 0.3) is 10.1 Å². The molecule has 0 fully saturated rings. The molecule has 0 atom stereocenters. The number of halogens is 6. The lowest BCUT2D eigenvalue weighted by molar-refractivity contribution is -0.274. The molecule has 5 rings (SSSR count). The predicted octanol–water partition coefficient (Wildman–Crippen LogP) is 5.82. The highest BCUT2D eigenvalue weighted by Gasteiger charge is 2.35. The first kappa shape index (κ1) is 36.0. The van der Waals surface area contributed by atoms with Crippen LogP contribution in [-0.4, -0.2) is 60.7 Å². The first-order valence-corrected chi connectivity index (χ1v) is 16.1. The van der Waals surface area contributed by atoms with Crippen LogP contribution in [0.15, 0.2) is 69.8 Å². The second kappa shape index (κ2) is 13.3. The van der Waals surface area contributed by atoms with E-state index in [2.05, 4.69) is 29.9 Å². The van der Waals surface area contributed by atoms with Crippen LogP contribution in [0.2, 0.25) is 0 Å². The zero-order valence-electron chi connectivity index (χ0n) is 23.8. The SMILES string of the molecule is COC(=O)Nc1nc2ccc(OS(=O)(=O)c3ccc(-c4cc(C(F)(F)F)n(C)n4)s3)cc2[nH]1.O=S(=O)(O)c1cccc(OC(F)(F)F)c1. The molecule has 23 heteroatoms. The van der Waals surface area contributed by atoms with Gasteiger partial charge >= 0.3 is 28.8 Å². The molecule has 3 N–H and O–H groups in total. The van der Waals surface area contributed by atoms with Gasteiger partial charge in [-0.05, 0) is 42.5 Å². The quantitative estimate of drug-likeness (QED) is 0.103. The molecular weight excluding hydrogens is 724 g/mol. The van der Waals surface area contributed by atoms with Crippen LogP contribution in [-0.2, 0) is 38.2 Å². The van der Waals surface area contributed by atoms with Crippen molar-refractivity contribution in [2.45, 2.75) is 21.6 Å². The van der Waals surface area contributed by atoms with Crippen molar-refractivity contribution < 1.29 is 66.2 Å². The summed E-state index contributed by atoms with van der Waals surface area (Å²) in [6.45, 7) is 0. The monoisotopic (exact) mass is 743 g/mol. The molecule has 0 unspecified atom stereocenters. The molecule has 0 bridgehead atoms. The Labute approximate surface area is 269 Å². The number of nitrogens with zero attached hydrogens (tertiary/aromatic N) is 3. The summed E-state index contributed by atoms with van der Waals surface area (Å²) in [5.41, 5.74) is -0.157. The van der Waals surface area contributed by atoms with Crippen LogP contribution in [0.4, 0.5) is 37.1 Å². The Balaban J connectivity index is 0.000000291. The molecule has 0 spiro atoms. The summed E-state index contributed by atoms with van der Waals surface area (Å²) in [5, 5.41) is 6.16. The van der Waals surface area contributed by atoms with Gasteiger partial charge in [0.15, 0.2) is 4.21 Å². The van der Waals surface area contributed by atoms with Crippen molar-refractivity contribution in [2.24, 2.45) is 7.05 Å². The summed E-state index contributed by atoms with van der Waals surface area (Å²) >= 11 is 0.724. The minimum Gasteiger partial charge on any atom is -0.453 e. The maximum Gasteiger partial charge on any atom is 0.573 e. The van der Waals surface area contributed by atoms with E-state index < -0.39 is 55.2 Å². The van der Waals surface area contributed by atoms with Crippen LogP contribution >= 0.6 is 11.3 Å². The fourth-order valence-electron chi connectivity index (χ4n) is 3.69. The maximum absolute atomic E-state index is 13.0. The molecule has 3 heterocycles. The van der Waals surface area contributed by atoms with Crippen molar-refractivity contribution in [1.82, 2.24) is 19.7 Å². The molecule has 0 aliphatic rings. The van der Waals surface area contributed by atoms with Crippen LogP contribution in [0, 0.1) is 0 Å². The third kappa shape index (κ3) is 9.14. The lowest BCUT2D eigenvalue weighted by atomic mass is 10.3. The average molecular weight is 744 g/mol. The highest BCUT2D eigenvalue weighted by atomic mass is 32.3. The number of imidazole rings is 1. The van der Waals surface area contributed by atoms with Gasteiger partial charge < -0.3 is 18.6 Å². The topological polar surface area (TPSA) is 192 Å². The van der Waals surface area contributed by atoms with Gasteiger partial charge in [0.05, 0.1) is 27.9 Å². The van der Waals surface area contributed by atoms with E-state index in [-0.39, 0.29) is 26.5 Å². The number of aromatic amines is 1. The normalized spacial score (nSPS) is 12.3. The van der Waals surface area contributed by atoms with Crippen LogP contribution in [0.1, 0.15) is 5.69 Å². The van der Waals surface area contributed by atoms with Crippen molar-refractivity contribution in [2.75, 3.05) is 12.4 Å². The number of H-pyrrole nitrogens is 1. The number of aromatic nitrogens is 4. The molecule has 258 valence electrons. The van der Waals surface area contributed by atoms with E-state index in [0.29, 0.717) is 21.8 Å². The highest BCUT2D eigenvalue weighted by molar-refractivity contribution is 7.89. The van der Waals surface area contributed by atoms with Crippen molar-refractivity contribution in [3.05, 3.63) is 66.4 Å². The Kier molecular flexibility index (Phi) is 9.99. The number of amides is 1. The Morgan fingerprint density at radius 3 is 2.29 bits per heavy atom. The fourth-order valence-corrected chi connectivity index (χ4v) is 6.35. The lowest BCUT2D eigenvalue weighted by Crippen LogP contribution is -2.17. The zero-order valence-corrected chi connectivity index (χ0v) is 26.3. The van der Waals surface area contributed by atoms with Crippen molar-refractivity contribution in [3.8, 4) is 22.1 Å². The summed E-state index contributed by atoms with van der Waals surface area (Å²) in [4.78, 5) is 17.7. The van der Waals surface area contributed by atoms with Gasteiger partial charge in [-0.1, -0.05) is 6.07 Å². The number of fused-ring (bicyclic) bond motifs is 1. The fraction of sp³-hybridized carbons (Fsp3) is 0.160. The number of aryl methyl sites for hydroxylation is 1. The largest absolute Gasteiger partial charge is 0.573 e. The Morgan fingerprint density at radius 1 is 0.979 bits per heavy atom. The van der Waals surface area contributed by atoms with Crippen molar-refractivity contribution in [3.63, 3.8) is 0 Å². The summed E-state index contributed by atoms with van der Waals surface area (Å²) in [7, 11) is -6.47. The van der Waals surface area contributed by atoms with E-state index in [1.807, 2.05) is 0 Å². The summed E-state index contributed by atoms with van der Waals surface area (Å²) in [6, 6.07) is 11.1. The number of hydrogen-bond acceptors (Lipinski definition) is 11. The van der Waals surface area contributed by atoms with Crippen LogP contribution in [0.5, 0.6) is 11.5 Å². The second-order valence-electron chi connectivity index (χ2n) is 9.07. The van der Waals surface area contributed by atoms with Gasteiger partial charge in [0.1, 0.15) is 22.9 Å². The Bertz CT molecular complexity index is 2180. The van der Waals surface area contributed by atoms with Gasteiger partial charge in [-0.3, -0.25) is 14.6 Å². The second-order valence-corrected chi connectivity index (χ2v) is 13.3. The van der Waals surface area contributed by atoms with Crippen LogP contribution < -0.4 is 14.2 Å². The number of ether oxygens (including phenoxy) is 2. The Morgan fingerprint density at radius 2 is 1.69 bits per heavy atom. The predicted molar refractivity (Wildman–Crippen MR) is 154 cm³/mol. The molecule has 48 heavy (non-hydrogen) atoms. The average Bonchev–Trinajstić information content (AvgIpc) is 3.70. The highest BCUT2D eigenvalue weighted by Crippen LogP contribution is 2.36. The van der Waals surface area contributed by atoms with Crippen molar-refractivity contribution in [1.29, 1.82) is 0 Å². The molecule has 3 aromatic heterocycles. The molecule has 0 aliphatic carbocycles. The number of thiophene rings is 1. The third-order valence-corrected chi connectivity index (χ3v) is 9.31. The van der Waals surface area contributed by atoms with E-state index >= 15 is 0 Å². The minimum absolute atomic E-state index is 0.0132. The van der Waals surface area contributed by atoms with E-state index in [1.54, 1.807) is 0 Å². The van der Waals surface area contributed by atoms with Gasteiger partial charge in [0.2, 0.25) is 5.95 Å². The number of methoxy groups -OCH3 is 1. The summed E-state index contributed by atoms with van der Waals surface area (Å²) in [5.74, 6) is -0.658. The molecule has 2 aromatic carbocycles. The van der Waals surface area contributed by atoms with E-state index in [1.165, 1.54) is 37.4 Å². The summed E-state index contributed by atoms with van der Waals surface area (Å²) in [6.07, 6.45) is -10.2. The molecule has 14 nitrogen and oxygen atoms in total. The molecular formula is C25H19F6N5O9S3. The smallest absolute Gasteiger partial charge is 0.453 e. The number of alkyl halides is 6. The Hall–Kier alpha value is -4.87. The maximum atomic E-state index is 13.0.